The molecule has 1 heterocycles. The lowest BCUT2D eigenvalue weighted by Crippen LogP contribution is -2.32. The van der Waals surface area contributed by atoms with Crippen LogP contribution in [0.2, 0.25) is 0 Å². The Kier molecular flexibility index (Phi) is 6.24. The van der Waals surface area contributed by atoms with E-state index >= 15 is 0 Å². The Labute approximate surface area is 135 Å². The smallest absolute Gasteiger partial charge is 0.123 e. The lowest BCUT2D eigenvalue weighted by Gasteiger charge is -2.23. The predicted molar refractivity (Wildman–Crippen MR) is 91.7 cm³/mol. The first-order chi connectivity index (χ1) is 9.63. The summed E-state index contributed by atoms with van der Waals surface area (Å²) in [6.07, 6.45) is 3.71. The molecule has 1 unspecified atom stereocenters. The molecule has 1 saturated heterocycles. The molecular weight excluding hydrogens is 334 g/mol. The van der Waals surface area contributed by atoms with Gasteiger partial charge in [-0.2, -0.15) is 11.8 Å². The SMILES string of the molecule is CCCOc1ccc(Br)cc1CNCC1(C)CCCS1. The normalized spacial score (nSPS) is 22.1. The van der Waals surface area contributed by atoms with Crippen LogP contribution in [-0.4, -0.2) is 23.7 Å². The Morgan fingerprint density at radius 2 is 2.30 bits per heavy atom. The summed E-state index contributed by atoms with van der Waals surface area (Å²) < 4.78 is 7.35. The third kappa shape index (κ3) is 4.68. The highest BCUT2D eigenvalue weighted by molar-refractivity contribution is 9.10. The molecule has 1 aliphatic rings. The van der Waals surface area contributed by atoms with Crippen molar-refractivity contribution in [1.82, 2.24) is 5.32 Å². The average Bonchev–Trinajstić information content (AvgIpc) is 2.85. The third-order valence-corrected chi connectivity index (χ3v) is 5.63. The summed E-state index contributed by atoms with van der Waals surface area (Å²) in [6, 6.07) is 6.26. The van der Waals surface area contributed by atoms with Gasteiger partial charge in [-0.1, -0.05) is 22.9 Å². The zero-order chi connectivity index (χ0) is 14.4. The molecule has 2 nitrogen and oxygen atoms in total. The molecule has 20 heavy (non-hydrogen) atoms. The van der Waals surface area contributed by atoms with Gasteiger partial charge in [0.2, 0.25) is 0 Å². The summed E-state index contributed by atoms with van der Waals surface area (Å²) in [6.45, 7) is 7.22. The van der Waals surface area contributed by atoms with Gasteiger partial charge in [-0.3, -0.25) is 0 Å². The topological polar surface area (TPSA) is 21.3 Å². The van der Waals surface area contributed by atoms with Gasteiger partial charge in [-0.15, -0.1) is 0 Å². The van der Waals surface area contributed by atoms with Crippen LogP contribution in [0.3, 0.4) is 0 Å². The molecule has 0 aromatic heterocycles. The lowest BCUT2D eigenvalue weighted by molar-refractivity contribution is 0.313. The van der Waals surface area contributed by atoms with Crippen LogP contribution in [-0.2, 0) is 6.54 Å². The fraction of sp³-hybridized carbons (Fsp3) is 0.625. The van der Waals surface area contributed by atoms with Gasteiger partial charge in [-0.25, -0.2) is 0 Å². The summed E-state index contributed by atoms with van der Waals surface area (Å²) >= 11 is 5.64. The second-order valence-corrected chi connectivity index (χ2v) is 8.20. The van der Waals surface area contributed by atoms with Crippen molar-refractivity contribution in [3.63, 3.8) is 0 Å². The first-order valence-electron chi connectivity index (χ1n) is 7.39. The minimum absolute atomic E-state index is 0.413. The monoisotopic (exact) mass is 357 g/mol. The molecule has 4 heteroatoms. The van der Waals surface area contributed by atoms with Crippen LogP contribution >= 0.6 is 27.7 Å². The zero-order valence-corrected chi connectivity index (χ0v) is 14.8. The van der Waals surface area contributed by atoms with E-state index in [0.29, 0.717) is 4.75 Å². The van der Waals surface area contributed by atoms with Crippen molar-refractivity contribution < 1.29 is 4.74 Å². The Morgan fingerprint density at radius 3 is 3.00 bits per heavy atom. The number of benzene rings is 1. The molecule has 1 aromatic rings. The highest BCUT2D eigenvalue weighted by atomic mass is 79.9. The summed E-state index contributed by atoms with van der Waals surface area (Å²) in [5.41, 5.74) is 1.24. The minimum Gasteiger partial charge on any atom is -0.493 e. The van der Waals surface area contributed by atoms with Crippen LogP contribution < -0.4 is 10.1 Å². The van der Waals surface area contributed by atoms with Crippen LogP contribution in [0.1, 0.15) is 38.7 Å². The Morgan fingerprint density at radius 1 is 1.45 bits per heavy atom. The predicted octanol–water partition coefficient (Wildman–Crippen LogP) is 4.61. The maximum Gasteiger partial charge on any atom is 0.123 e. The summed E-state index contributed by atoms with van der Waals surface area (Å²) in [5, 5.41) is 3.61. The molecule has 1 fully saturated rings. The molecule has 0 spiro atoms. The number of halogens is 1. The Bertz CT molecular complexity index is 432. The first-order valence-corrected chi connectivity index (χ1v) is 9.17. The van der Waals surface area contributed by atoms with Gasteiger partial charge in [0.15, 0.2) is 0 Å². The fourth-order valence-electron chi connectivity index (χ4n) is 2.48. The van der Waals surface area contributed by atoms with E-state index in [9.17, 15) is 0 Å². The number of thioether (sulfide) groups is 1. The zero-order valence-electron chi connectivity index (χ0n) is 12.4. The van der Waals surface area contributed by atoms with Gasteiger partial charge in [0.25, 0.3) is 0 Å². The Hall–Kier alpha value is -0.190. The largest absolute Gasteiger partial charge is 0.493 e. The standard InChI is InChI=1S/C16H24BrNOS/c1-3-8-19-15-6-5-14(17)10-13(15)11-18-12-16(2)7-4-9-20-16/h5-6,10,18H,3-4,7-9,11-12H2,1-2H3. The quantitative estimate of drug-likeness (QED) is 0.769. The molecule has 0 saturated carbocycles. The maximum atomic E-state index is 5.82. The van der Waals surface area contributed by atoms with Crippen LogP contribution in [0.15, 0.2) is 22.7 Å². The van der Waals surface area contributed by atoms with E-state index in [-0.39, 0.29) is 0 Å². The van der Waals surface area contributed by atoms with Crippen molar-refractivity contribution in [1.29, 1.82) is 0 Å². The molecule has 0 aliphatic carbocycles. The summed E-state index contributed by atoms with van der Waals surface area (Å²) in [5.74, 6) is 2.31. The number of rotatable bonds is 7. The van der Waals surface area contributed by atoms with Crippen LogP contribution in [0.5, 0.6) is 5.75 Å². The van der Waals surface area contributed by atoms with E-state index in [1.54, 1.807) is 0 Å². The highest BCUT2D eigenvalue weighted by Crippen LogP contribution is 2.37. The van der Waals surface area contributed by atoms with Crippen LogP contribution in [0, 0.1) is 0 Å². The fourth-order valence-corrected chi connectivity index (χ4v) is 4.16. The van der Waals surface area contributed by atoms with Crippen LogP contribution in [0.25, 0.3) is 0 Å². The molecule has 1 N–H and O–H groups in total. The van der Waals surface area contributed by atoms with Crippen LogP contribution in [0.4, 0.5) is 0 Å². The van der Waals surface area contributed by atoms with Crippen molar-refractivity contribution >= 4 is 27.7 Å². The van der Waals surface area contributed by atoms with Crippen molar-refractivity contribution in [2.24, 2.45) is 0 Å². The second kappa shape index (κ2) is 7.71. The molecule has 112 valence electrons. The van der Waals surface area contributed by atoms with Gasteiger partial charge in [-0.05, 0) is 50.1 Å². The molecule has 1 aliphatic heterocycles. The number of ether oxygens (including phenoxy) is 1. The van der Waals surface area contributed by atoms with E-state index in [1.807, 2.05) is 6.07 Å². The van der Waals surface area contributed by atoms with Gasteiger partial charge < -0.3 is 10.1 Å². The minimum atomic E-state index is 0.413. The second-order valence-electron chi connectivity index (χ2n) is 5.61. The highest BCUT2D eigenvalue weighted by Gasteiger charge is 2.28. The molecule has 0 amide bonds. The molecule has 1 atom stereocenters. The molecular formula is C16H24BrNOS. The van der Waals surface area contributed by atoms with Crippen molar-refractivity contribution in [3.8, 4) is 5.75 Å². The first kappa shape index (κ1) is 16.2. The van der Waals surface area contributed by atoms with Crippen molar-refractivity contribution in [2.45, 2.75) is 44.4 Å². The van der Waals surface area contributed by atoms with Gasteiger partial charge in [0.1, 0.15) is 5.75 Å². The van der Waals surface area contributed by atoms with Gasteiger partial charge >= 0.3 is 0 Å². The lowest BCUT2D eigenvalue weighted by atomic mass is 10.1. The maximum absolute atomic E-state index is 5.82. The average molecular weight is 358 g/mol. The van der Waals surface area contributed by atoms with Gasteiger partial charge in [0, 0.05) is 27.9 Å². The van der Waals surface area contributed by atoms with Crippen molar-refractivity contribution in [2.75, 3.05) is 18.9 Å². The van der Waals surface area contributed by atoms with E-state index in [4.69, 9.17) is 4.74 Å². The number of hydrogen-bond acceptors (Lipinski definition) is 3. The van der Waals surface area contributed by atoms with E-state index in [1.165, 1.54) is 24.2 Å². The summed E-state index contributed by atoms with van der Waals surface area (Å²) in [4.78, 5) is 0. The van der Waals surface area contributed by atoms with E-state index < -0.39 is 0 Å². The van der Waals surface area contributed by atoms with Gasteiger partial charge in [0.05, 0.1) is 6.61 Å². The molecule has 2 rings (SSSR count). The number of hydrogen-bond donors (Lipinski definition) is 1. The Balaban J connectivity index is 1.91. The summed E-state index contributed by atoms with van der Waals surface area (Å²) in [7, 11) is 0. The molecule has 1 aromatic carbocycles. The van der Waals surface area contributed by atoms with E-state index in [0.717, 1.165) is 36.3 Å². The van der Waals surface area contributed by atoms with Crippen molar-refractivity contribution in [3.05, 3.63) is 28.2 Å². The number of nitrogens with one attached hydrogen (secondary N) is 1. The van der Waals surface area contributed by atoms with E-state index in [2.05, 4.69) is 59.0 Å². The molecule has 0 bridgehead atoms. The molecule has 0 radical (unpaired) electrons. The third-order valence-electron chi connectivity index (χ3n) is 3.60.